The molecule has 0 bridgehead atoms. The van der Waals surface area contributed by atoms with E-state index in [1.54, 1.807) is 12.1 Å². The maximum Gasteiger partial charge on any atom is 0.243 e. The Hall–Kier alpha value is -6.39. The van der Waals surface area contributed by atoms with Gasteiger partial charge in [0.25, 0.3) is 0 Å². The summed E-state index contributed by atoms with van der Waals surface area (Å²) in [4.78, 5) is 76.4. The molecule has 0 unspecified atom stereocenters. The van der Waals surface area contributed by atoms with E-state index in [2.05, 4.69) is 36.6 Å². The molecule has 1 heterocycles. The maximum atomic E-state index is 13.9. The van der Waals surface area contributed by atoms with Crippen LogP contribution in [0.2, 0.25) is 0 Å². The van der Waals surface area contributed by atoms with Crippen LogP contribution in [0.5, 0.6) is 5.75 Å². The molecule has 1 aliphatic rings. The van der Waals surface area contributed by atoms with Gasteiger partial charge in [0.15, 0.2) is 11.9 Å². The molecule has 0 spiro atoms. The molecule has 4 rings (SSSR count). The van der Waals surface area contributed by atoms with Gasteiger partial charge in [-0.1, -0.05) is 54.6 Å². The SMILES string of the molecule is NC(N)=NCCC[C@H]1NC(=O)[C@H](Cc2ccc3ccccc3c2)NC(=O)CNC(=O)[C@H](Cc2ccc(O)cc2)NC(=O)[C@@H](CCCN=C(N)N)NC1=O. The van der Waals surface area contributed by atoms with Gasteiger partial charge >= 0.3 is 0 Å². The minimum absolute atomic E-state index is 0.00775. The number of guanidine groups is 2. The van der Waals surface area contributed by atoms with Crippen LogP contribution in [0.1, 0.15) is 36.8 Å². The number of rotatable bonds is 12. The van der Waals surface area contributed by atoms with Gasteiger partial charge in [0, 0.05) is 25.9 Å². The number of nitrogens with two attached hydrogens (primary N) is 4. The topological polar surface area (TPSA) is 295 Å². The number of hydrogen-bond donors (Lipinski definition) is 10. The Balaban J connectivity index is 1.68. The van der Waals surface area contributed by atoms with Crippen molar-refractivity contribution in [1.29, 1.82) is 0 Å². The van der Waals surface area contributed by atoms with Crippen LogP contribution in [0.4, 0.5) is 0 Å². The van der Waals surface area contributed by atoms with E-state index in [9.17, 15) is 29.1 Å². The van der Waals surface area contributed by atoms with E-state index in [0.29, 0.717) is 5.56 Å². The van der Waals surface area contributed by atoms with Crippen molar-refractivity contribution in [3.8, 4) is 5.75 Å². The van der Waals surface area contributed by atoms with Crippen molar-refractivity contribution in [1.82, 2.24) is 26.6 Å². The third-order valence-corrected chi connectivity index (χ3v) is 8.49. The van der Waals surface area contributed by atoms with Crippen LogP contribution in [0.15, 0.2) is 76.7 Å². The van der Waals surface area contributed by atoms with Crippen molar-refractivity contribution in [2.45, 2.75) is 62.7 Å². The number of nitrogens with one attached hydrogen (secondary N) is 5. The molecule has 0 saturated carbocycles. The molecular formula is C36H47N11O6. The van der Waals surface area contributed by atoms with Gasteiger partial charge in [-0.2, -0.15) is 0 Å². The molecule has 14 N–H and O–H groups in total. The summed E-state index contributed by atoms with van der Waals surface area (Å²) < 4.78 is 0. The van der Waals surface area contributed by atoms with Crippen LogP contribution < -0.4 is 49.5 Å². The Kier molecular flexibility index (Phi) is 14.3. The predicted octanol–water partition coefficient (Wildman–Crippen LogP) is -1.49. The zero-order valence-electron chi connectivity index (χ0n) is 29.2. The number of phenols is 1. The predicted molar refractivity (Wildman–Crippen MR) is 200 cm³/mol. The summed E-state index contributed by atoms with van der Waals surface area (Å²) in [5.41, 5.74) is 23.2. The van der Waals surface area contributed by atoms with Crippen LogP contribution in [0.3, 0.4) is 0 Å². The van der Waals surface area contributed by atoms with E-state index >= 15 is 0 Å². The second-order valence-electron chi connectivity index (χ2n) is 12.7. The van der Waals surface area contributed by atoms with E-state index in [1.165, 1.54) is 12.1 Å². The Morgan fingerprint density at radius 3 is 1.68 bits per heavy atom. The first kappa shape index (κ1) is 39.4. The number of amides is 5. The molecule has 1 saturated heterocycles. The molecule has 0 aliphatic carbocycles. The molecule has 3 aromatic carbocycles. The summed E-state index contributed by atoms with van der Waals surface area (Å²) in [7, 11) is 0. The lowest BCUT2D eigenvalue weighted by molar-refractivity contribution is -0.134. The summed E-state index contributed by atoms with van der Waals surface area (Å²) in [6, 6.07) is 14.7. The monoisotopic (exact) mass is 729 g/mol. The standard InChI is InChI=1S/C36H47N11O6/c37-35(38)41-15-3-7-26-32(51)45-27(8-4-16-42-36(39)40)33(52)47-28(18-21-10-13-25(48)14-11-21)31(50)43-20-30(49)44-29(34(53)46-26)19-22-9-12-23-5-1-2-6-24(23)17-22/h1-2,5-6,9-14,17,26-29,48H,3-4,7-8,15-16,18-20H2,(H,43,50)(H,44,49)(H,45,51)(H,46,53)(H,47,52)(H4,37,38,41)(H4,39,40,42)/t26-,27-,28+,29+/m1/s1. The molecule has 1 aliphatic heterocycles. The lowest BCUT2D eigenvalue weighted by Gasteiger charge is -2.26. The van der Waals surface area contributed by atoms with Gasteiger partial charge in [-0.25, -0.2) is 0 Å². The highest BCUT2D eigenvalue weighted by Crippen LogP contribution is 2.17. The number of aliphatic imine (C=N–C) groups is 2. The fourth-order valence-corrected chi connectivity index (χ4v) is 5.79. The van der Waals surface area contributed by atoms with Crippen molar-refractivity contribution in [2.24, 2.45) is 32.9 Å². The number of carbonyl (C=O) groups excluding carboxylic acids is 5. The van der Waals surface area contributed by atoms with Gasteiger partial charge in [0.2, 0.25) is 29.5 Å². The lowest BCUT2D eigenvalue weighted by atomic mass is 10.0. The van der Waals surface area contributed by atoms with Crippen molar-refractivity contribution >= 4 is 52.2 Å². The number of aromatic hydroxyl groups is 1. The summed E-state index contributed by atoms with van der Waals surface area (Å²) in [5, 5.41) is 25.1. The molecule has 1 fully saturated rings. The Bertz CT molecular complexity index is 1820. The van der Waals surface area contributed by atoms with Crippen molar-refractivity contribution in [2.75, 3.05) is 19.6 Å². The molecule has 0 radical (unpaired) electrons. The summed E-state index contributed by atoms with van der Waals surface area (Å²) in [6.07, 6.45) is 0.769. The van der Waals surface area contributed by atoms with Gasteiger partial charge in [-0.05, 0) is 59.7 Å². The number of nitrogens with zero attached hydrogens (tertiary/aromatic N) is 2. The second-order valence-corrected chi connectivity index (χ2v) is 12.7. The molecule has 17 heteroatoms. The van der Waals surface area contributed by atoms with Crippen LogP contribution in [0, 0.1) is 0 Å². The van der Waals surface area contributed by atoms with E-state index in [-0.39, 0.29) is 69.3 Å². The van der Waals surface area contributed by atoms with Gasteiger partial charge < -0.3 is 54.6 Å². The van der Waals surface area contributed by atoms with E-state index in [0.717, 1.165) is 16.3 Å². The fraction of sp³-hybridized carbons (Fsp3) is 0.361. The second kappa shape index (κ2) is 19.3. The molecule has 282 valence electrons. The van der Waals surface area contributed by atoms with Crippen LogP contribution in [-0.2, 0) is 36.8 Å². The molecule has 17 nitrogen and oxygen atoms in total. The number of carbonyl (C=O) groups is 5. The van der Waals surface area contributed by atoms with E-state index < -0.39 is 60.2 Å². The molecule has 53 heavy (non-hydrogen) atoms. The Labute approximate surface area is 306 Å². The van der Waals surface area contributed by atoms with Crippen LogP contribution >= 0.6 is 0 Å². The summed E-state index contributed by atoms with van der Waals surface area (Å²) in [5.74, 6) is -3.66. The zero-order valence-corrected chi connectivity index (χ0v) is 29.2. The molecule has 5 amide bonds. The molecule has 4 atom stereocenters. The van der Waals surface area contributed by atoms with Crippen molar-refractivity contribution < 1.29 is 29.1 Å². The average molecular weight is 730 g/mol. The minimum Gasteiger partial charge on any atom is -0.508 e. The number of phenolic OH excluding ortho intramolecular Hbond substituents is 1. The van der Waals surface area contributed by atoms with Gasteiger partial charge in [-0.15, -0.1) is 0 Å². The quantitative estimate of drug-likeness (QED) is 0.0585. The molecule has 0 aromatic heterocycles. The first-order valence-electron chi connectivity index (χ1n) is 17.2. The minimum atomic E-state index is -1.19. The molecular weight excluding hydrogens is 682 g/mol. The Morgan fingerprint density at radius 2 is 1.09 bits per heavy atom. The smallest absolute Gasteiger partial charge is 0.243 e. The Morgan fingerprint density at radius 1 is 0.604 bits per heavy atom. The number of fused-ring (bicyclic) bond motifs is 1. The highest BCUT2D eigenvalue weighted by molar-refractivity contribution is 5.97. The van der Waals surface area contributed by atoms with E-state index in [4.69, 9.17) is 22.9 Å². The third-order valence-electron chi connectivity index (χ3n) is 8.49. The van der Waals surface area contributed by atoms with Crippen molar-refractivity contribution in [3.05, 3.63) is 77.9 Å². The van der Waals surface area contributed by atoms with Gasteiger partial charge in [-0.3, -0.25) is 34.0 Å². The lowest BCUT2D eigenvalue weighted by Crippen LogP contribution is -2.58. The normalized spacial score (nSPS) is 20.0. The van der Waals surface area contributed by atoms with Crippen molar-refractivity contribution in [3.63, 3.8) is 0 Å². The fourth-order valence-electron chi connectivity index (χ4n) is 5.79. The van der Waals surface area contributed by atoms with Gasteiger partial charge in [0.05, 0.1) is 6.54 Å². The highest BCUT2D eigenvalue weighted by atomic mass is 16.3. The highest BCUT2D eigenvalue weighted by Gasteiger charge is 2.32. The zero-order chi connectivity index (χ0) is 38.3. The average Bonchev–Trinajstić information content (AvgIpc) is 3.12. The maximum absolute atomic E-state index is 13.9. The van der Waals surface area contributed by atoms with Crippen LogP contribution in [0.25, 0.3) is 10.8 Å². The van der Waals surface area contributed by atoms with Gasteiger partial charge in [0.1, 0.15) is 29.9 Å². The summed E-state index contributed by atoms with van der Waals surface area (Å²) >= 11 is 0. The molecule has 3 aromatic rings. The first-order valence-corrected chi connectivity index (χ1v) is 17.2. The number of hydrogen-bond acceptors (Lipinski definition) is 8. The third kappa shape index (κ3) is 12.7. The summed E-state index contributed by atoms with van der Waals surface area (Å²) in [6.45, 7) is -0.194. The van der Waals surface area contributed by atoms with E-state index in [1.807, 2.05) is 42.5 Å². The first-order chi connectivity index (χ1) is 25.4. The number of benzene rings is 3. The largest absolute Gasteiger partial charge is 0.508 e. The van der Waals surface area contributed by atoms with Crippen LogP contribution in [-0.4, -0.2) is 90.4 Å².